The molecule has 1 aliphatic carbocycles. The van der Waals surface area contributed by atoms with E-state index < -0.39 is 11.7 Å². The van der Waals surface area contributed by atoms with E-state index in [2.05, 4.69) is 12.2 Å². The predicted octanol–water partition coefficient (Wildman–Crippen LogP) is 5.39. The molecule has 1 N–H and O–H groups in total. The van der Waals surface area contributed by atoms with Crippen molar-refractivity contribution in [1.82, 2.24) is 0 Å². The van der Waals surface area contributed by atoms with Crippen LogP contribution in [0.2, 0.25) is 0 Å². The van der Waals surface area contributed by atoms with Gasteiger partial charge < -0.3 is 5.32 Å². The standard InChI is InChI=1S/C16H22F3N/c1-3-12-5-4-6-13(9-12)20-14-8-7-11(2)15(10-14)16(17,18)19/h7-8,10,12-13,20H,3-6,9H2,1-2H3. The molecule has 0 heterocycles. The maximum atomic E-state index is 12.9. The van der Waals surface area contributed by atoms with Crippen LogP contribution in [-0.4, -0.2) is 6.04 Å². The number of nitrogens with one attached hydrogen (secondary N) is 1. The van der Waals surface area contributed by atoms with Crippen molar-refractivity contribution in [2.45, 2.75) is 58.2 Å². The van der Waals surface area contributed by atoms with Gasteiger partial charge in [-0.2, -0.15) is 13.2 Å². The first-order valence-electron chi connectivity index (χ1n) is 7.34. The van der Waals surface area contributed by atoms with Gasteiger partial charge in [0.1, 0.15) is 0 Å². The second kappa shape index (κ2) is 6.06. The molecule has 1 saturated carbocycles. The topological polar surface area (TPSA) is 12.0 Å². The van der Waals surface area contributed by atoms with Crippen LogP contribution in [0.3, 0.4) is 0 Å². The number of rotatable bonds is 3. The minimum Gasteiger partial charge on any atom is -0.382 e. The third-order valence-electron chi connectivity index (χ3n) is 4.27. The molecule has 1 aromatic rings. The van der Waals surface area contributed by atoms with E-state index in [-0.39, 0.29) is 5.56 Å². The second-order valence-corrected chi connectivity index (χ2v) is 5.81. The Hall–Kier alpha value is -1.19. The van der Waals surface area contributed by atoms with Crippen LogP contribution in [0.25, 0.3) is 0 Å². The summed E-state index contributed by atoms with van der Waals surface area (Å²) in [5.74, 6) is 0.703. The number of alkyl halides is 3. The molecular formula is C16H22F3N. The van der Waals surface area contributed by atoms with Gasteiger partial charge in [0, 0.05) is 11.7 Å². The normalized spacial score (nSPS) is 23.6. The number of anilines is 1. The molecule has 4 heteroatoms. The molecule has 0 aliphatic heterocycles. The lowest BCUT2D eigenvalue weighted by Gasteiger charge is -2.30. The average Bonchev–Trinajstić information content (AvgIpc) is 2.40. The van der Waals surface area contributed by atoms with E-state index in [1.807, 2.05) is 0 Å². The van der Waals surface area contributed by atoms with Crippen molar-refractivity contribution in [3.8, 4) is 0 Å². The van der Waals surface area contributed by atoms with Crippen molar-refractivity contribution in [3.63, 3.8) is 0 Å². The van der Waals surface area contributed by atoms with Gasteiger partial charge in [0.15, 0.2) is 0 Å². The maximum Gasteiger partial charge on any atom is 0.416 e. The van der Waals surface area contributed by atoms with Crippen LogP contribution in [0.1, 0.15) is 50.2 Å². The van der Waals surface area contributed by atoms with Gasteiger partial charge in [0.2, 0.25) is 0 Å². The SMILES string of the molecule is CCC1CCCC(Nc2ccc(C)c(C(F)(F)F)c2)C1. The summed E-state index contributed by atoms with van der Waals surface area (Å²) in [5, 5.41) is 3.28. The molecule has 20 heavy (non-hydrogen) atoms. The first-order valence-corrected chi connectivity index (χ1v) is 7.34. The van der Waals surface area contributed by atoms with E-state index in [1.54, 1.807) is 12.1 Å². The summed E-state index contributed by atoms with van der Waals surface area (Å²) in [6, 6.07) is 4.84. The Kier molecular flexibility index (Phi) is 4.61. The number of hydrogen-bond acceptors (Lipinski definition) is 1. The third kappa shape index (κ3) is 3.68. The van der Waals surface area contributed by atoms with Crippen molar-refractivity contribution in [2.75, 3.05) is 5.32 Å². The summed E-state index contributed by atoms with van der Waals surface area (Å²) in [6.45, 7) is 3.68. The van der Waals surface area contributed by atoms with Crippen LogP contribution in [0, 0.1) is 12.8 Å². The fourth-order valence-electron chi connectivity index (χ4n) is 3.05. The molecule has 1 fully saturated rings. The highest BCUT2D eigenvalue weighted by Crippen LogP contribution is 2.34. The van der Waals surface area contributed by atoms with Gasteiger partial charge in [0.05, 0.1) is 5.56 Å². The highest BCUT2D eigenvalue weighted by atomic mass is 19.4. The highest BCUT2D eigenvalue weighted by molar-refractivity contribution is 5.50. The lowest BCUT2D eigenvalue weighted by molar-refractivity contribution is -0.138. The number of halogens is 3. The number of hydrogen-bond donors (Lipinski definition) is 1. The van der Waals surface area contributed by atoms with Gasteiger partial charge in [-0.3, -0.25) is 0 Å². The molecule has 0 aromatic heterocycles. The lowest BCUT2D eigenvalue weighted by Crippen LogP contribution is -2.27. The molecule has 0 spiro atoms. The Balaban J connectivity index is 2.10. The quantitative estimate of drug-likeness (QED) is 0.784. The molecule has 1 aromatic carbocycles. The predicted molar refractivity (Wildman–Crippen MR) is 75.8 cm³/mol. The fraction of sp³-hybridized carbons (Fsp3) is 0.625. The van der Waals surface area contributed by atoms with Crippen LogP contribution in [0.5, 0.6) is 0 Å². The monoisotopic (exact) mass is 285 g/mol. The Labute approximate surface area is 118 Å². The van der Waals surface area contributed by atoms with Crippen molar-refractivity contribution < 1.29 is 13.2 Å². The minimum atomic E-state index is -4.28. The van der Waals surface area contributed by atoms with E-state index in [0.717, 1.165) is 25.7 Å². The van der Waals surface area contributed by atoms with Crippen molar-refractivity contribution in [1.29, 1.82) is 0 Å². The molecule has 1 aliphatic rings. The Morgan fingerprint density at radius 2 is 2.00 bits per heavy atom. The highest BCUT2D eigenvalue weighted by Gasteiger charge is 2.32. The Morgan fingerprint density at radius 1 is 1.25 bits per heavy atom. The fourth-order valence-corrected chi connectivity index (χ4v) is 3.05. The summed E-state index contributed by atoms with van der Waals surface area (Å²) in [7, 11) is 0. The second-order valence-electron chi connectivity index (χ2n) is 5.81. The molecule has 1 nitrogen and oxygen atoms in total. The van der Waals surface area contributed by atoms with Gasteiger partial charge in [-0.1, -0.05) is 32.3 Å². The summed E-state index contributed by atoms with van der Waals surface area (Å²) >= 11 is 0. The van der Waals surface area contributed by atoms with Crippen molar-refractivity contribution in [3.05, 3.63) is 29.3 Å². The molecule has 112 valence electrons. The lowest BCUT2D eigenvalue weighted by atomic mass is 9.84. The zero-order valence-corrected chi connectivity index (χ0v) is 12.1. The van der Waals surface area contributed by atoms with E-state index in [9.17, 15) is 13.2 Å². The molecule has 2 atom stereocenters. The van der Waals surface area contributed by atoms with Crippen LogP contribution in [0.4, 0.5) is 18.9 Å². The molecule has 0 amide bonds. The zero-order valence-electron chi connectivity index (χ0n) is 12.1. The number of aryl methyl sites for hydroxylation is 1. The van der Waals surface area contributed by atoms with Crippen molar-refractivity contribution in [2.24, 2.45) is 5.92 Å². The molecule has 2 rings (SSSR count). The van der Waals surface area contributed by atoms with E-state index in [1.165, 1.54) is 19.4 Å². The number of benzene rings is 1. The molecule has 2 unspecified atom stereocenters. The molecule has 0 radical (unpaired) electrons. The largest absolute Gasteiger partial charge is 0.416 e. The maximum absolute atomic E-state index is 12.9. The van der Waals surface area contributed by atoms with E-state index in [4.69, 9.17) is 0 Å². The molecule has 0 bridgehead atoms. The summed E-state index contributed by atoms with van der Waals surface area (Å²) in [6.07, 6.45) is 1.39. The van der Waals surface area contributed by atoms with E-state index in [0.29, 0.717) is 17.6 Å². The Bertz CT molecular complexity index is 454. The third-order valence-corrected chi connectivity index (χ3v) is 4.27. The summed E-state index contributed by atoms with van der Waals surface area (Å²) < 4.78 is 38.7. The van der Waals surface area contributed by atoms with Crippen LogP contribution < -0.4 is 5.32 Å². The molecular weight excluding hydrogens is 263 g/mol. The smallest absolute Gasteiger partial charge is 0.382 e. The summed E-state index contributed by atoms with van der Waals surface area (Å²) in [4.78, 5) is 0. The van der Waals surface area contributed by atoms with Crippen LogP contribution >= 0.6 is 0 Å². The van der Waals surface area contributed by atoms with Gasteiger partial charge in [-0.15, -0.1) is 0 Å². The van der Waals surface area contributed by atoms with Gasteiger partial charge in [-0.25, -0.2) is 0 Å². The first-order chi connectivity index (χ1) is 9.40. The van der Waals surface area contributed by atoms with Gasteiger partial charge >= 0.3 is 6.18 Å². The van der Waals surface area contributed by atoms with Crippen molar-refractivity contribution >= 4 is 5.69 Å². The summed E-state index contributed by atoms with van der Waals surface area (Å²) in [5.41, 5.74) is 0.327. The average molecular weight is 285 g/mol. The minimum absolute atomic E-state index is 0.276. The zero-order chi connectivity index (χ0) is 14.8. The van der Waals surface area contributed by atoms with Gasteiger partial charge in [-0.05, 0) is 43.4 Å². The van der Waals surface area contributed by atoms with Crippen LogP contribution in [0.15, 0.2) is 18.2 Å². The first kappa shape index (κ1) is 15.2. The van der Waals surface area contributed by atoms with E-state index >= 15 is 0 Å². The van der Waals surface area contributed by atoms with Crippen LogP contribution in [-0.2, 0) is 6.18 Å². The Morgan fingerprint density at radius 3 is 2.65 bits per heavy atom. The van der Waals surface area contributed by atoms with Gasteiger partial charge in [0.25, 0.3) is 0 Å². The molecule has 0 saturated heterocycles.